The summed E-state index contributed by atoms with van der Waals surface area (Å²) in [6.07, 6.45) is 1.08. The Bertz CT molecular complexity index is 1040. The molecule has 0 unspecified atom stereocenters. The van der Waals surface area contributed by atoms with Crippen LogP contribution in [0.1, 0.15) is 17.0 Å². The quantitative estimate of drug-likeness (QED) is 0.694. The van der Waals surface area contributed by atoms with Crippen molar-refractivity contribution in [2.75, 3.05) is 7.11 Å². The number of hydrogen-bond donors (Lipinski definition) is 1. The van der Waals surface area contributed by atoms with Crippen molar-refractivity contribution in [2.45, 2.75) is 25.3 Å². The lowest BCUT2D eigenvalue weighted by atomic mass is 10.1. The number of nitrogens with one attached hydrogen (secondary N) is 1. The number of benzene rings is 1. The summed E-state index contributed by atoms with van der Waals surface area (Å²) in [5.41, 5.74) is 2.26. The van der Waals surface area contributed by atoms with Crippen LogP contribution in [0.4, 0.5) is 4.39 Å². The number of aromatic nitrogens is 2. The van der Waals surface area contributed by atoms with Gasteiger partial charge in [-0.05, 0) is 31.0 Å². The van der Waals surface area contributed by atoms with Crippen LogP contribution >= 0.6 is 0 Å². The number of pyridine rings is 1. The fraction of sp³-hybridized carbons (Fsp3) is 0.222. The lowest BCUT2D eigenvalue weighted by Gasteiger charge is -2.09. The molecule has 0 bridgehead atoms. The molecule has 27 heavy (non-hydrogen) atoms. The van der Waals surface area contributed by atoms with Crippen LogP contribution in [0.3, 0.4) is 0 Å². The summed E-state index contributed by atoms with van der Waals surface area (Å²) in [6, 6.07) is 8.32. The van der Waals surface area contributed by atoms with Gasteiger partial charge in [0.2, 0.25) is 15.9 Å². The Kier molecular flexibility index (Phi) is 5.24. The van der Waals surface area contributed by atoms with Crippen molar-refractivity contribution in [3.05, 3.63) is 59.4 Å². The molecule has 7 nitrogen and oxygen atoms in total. The van der Waals surface area contributed by atoms with Crippen molar-refractivity contribution in [3.8, 4) is 17.0 Å². The number of hydrogen-bond acceptors (Lipinski definition) is 6. The Morgan fingerprint density at radius 3 is 2.52 bits per heavy atom. The van der Waals surface area contributed by atoms with Crippen molar-refractivity contribution >= 4 is 10.0 Å². The van der Waals surface area contributed by atoms with E-state index in [0.29, 0.717) is 22.7 Å². The average Bonchev–Trinajstić information content (AvgIpc) is 2.99. The van der Waals surface area contributed by atoms with Gasteiger partial charge in [-0.15, -0.1) is 0 Å². The Balaban J connectivity index is 1.78. The minimum atomic E-state index is -3.74. The normalized spacial score (nSPS) is 11.6. The van der Waals surface area contributed by atoms with E-state index in [4.69, 9.17) is 9.26 Å². The van der Waals surface area contributed by atoms with Gasteiger partial charge in [0.05, 0.1) is 13.3 Å². The van der Waals surface area contributed by atoms with Gasteiger partial charge in [-0.3, -0.25) is 0 Å². The number of sulfonamides is 1. The van der Waals surface area contributed by atoms with Crippen LogP contribution in [0.15, 0.2) is 45.9 Å². The van der Waals surface area contributed by atoms with E-state index in [0.717, 1.165) is 11.8 Å². The molecule has 0 amide bonds. The highest BCUT2D eigenvalue weighted by molar-refractivity contribution is 7.89. The van der Waals surface area contributed by atoms with Crippen LogP contribution in [0.5, 0.6) is 5.88 Å². The first-order valence-electron chi connectivity index (χ1n) is 8.03. The molecular weight excluding hydrogens is 373 g/mol. The lowest BCUT2D eigenvalue weighted by molar-refractivity contribution is 0.390. The van der Waals surface area contributed by atoms with Crippen molar-refractivity contribution in [1.82, 2.24) is 14.9 Å². The van der Waals surface area contributed by atoms with Gasteiger partial charge in [0, 0.05) is 12.1 Å². The maximum atomic E-state index is 13.5. The third-order valence-corrected chi connectivity index (χ3v) is 5.62. The zero-order valence-electron chi connectivity index (χ0n) is 15.0. The molecule has 2 aromatic heterocycles. The summed E-state index contributed by atoms with van der Waals surface area (Å²) in [5.74, 6) is 0.0754. The molecule has 9 heteroatoms. The first-order valence-corrected chi connectivity index (χ1v) is 9.51. The molecule has 3 aromatic rings. The molecule has 142 valence electrons. The van der Waals surface area contributed by atoms with E-state index in [1.165, 1.54) is 13.2 Å². The Labute approximate surface area is 156 Å². The van der Waals surface area contributed by atoms with E-state index in [9.17, 15) is 12.8 Å². The SMILES string of the molecule is COc1ncc(F)cc1-c1ccc(CNS(=O)(=O)c2c(C)noc2C)cc1. The van der Waals surface area contributed by atoms with Gasteiger partial charge in [-0.2, -0.15) is 0 Å². The summed E-state index contributed by atoms with van der Waals surface area (Å²) in [4.78, 5) is 3.96. The first-order chi connectivity index (χ1) is 12.8. The number of nitrogens with zero attached hydrogens (tertiary/aromatic N) is 2. The van der Waals surface area contributed by atoms with Crippen molar-refractivity contribution in [2.24, 2.45) is 0 Å². The van der Waals surface area contributed by atoms with Gasteiger partial charge >= 0.3 is 0 Å². The molecule has 0 saturated carbocycles. The third-order valence-electron chi connectivity index (χ3n) is 3.98. The summed E-state index contributed by atoms with van der Waals surface area (Å²) < 4.78 is 51.0. The average molecular weight is 391 g/mol. The standard InChI is InChI=1S/C18H18FN3O4S/c1-11-17(12(2)26-22-11)27(23,24)21-9-13-4-6-14(7-5-13)16-8-15(19)10-20-18(16)25-3/h4-8,10,21H,9H2,1-3H3. The van der Waals surface area contributed by atoms with E-state index >= 15 is 0 Å². The molecule has 2 heterocycles. The molecule has 0 aliphatic rings. The van der Waals surface area contributed by atoms with Crippen LogP contribution in [-0.4, -0.2) is 25.7 Å². The molecule has 0 aliphatic heterocycles. The summed E-state index contributed by atoms with van der Waals surface area (Å²) >= 11 is 0. The molecule has 0 fully saturated rings. The molecule has 0 radical (unpaired) electrons. The highest BCUT2D eigenvalue weighted by atomic mass is 32.2. The second kappa shape index (κ2) is 7.45. The minimum absolute atomic E-state index is 0.0506. The predicted molar refractivity (Wildman–Crippen MR) is 96.2 cm³/mol. The van der Waals surface area contributed by atoms with E-state index in [-0.39, 0.29) is 17.2 Å². The Morgan fingerprint density at radius 1 is 1.22 bits per heavy atom. The maximum absolute atomic E-state index is 13.5. The Hall–Kier alpha value is -2.78. The van der Waals surface area contributed by atoms with Gasteiger partial charge < -0.3 is 9.26 Å². The molecule has 0 spiro atoms. The van der Waals surface area contributed by atoms with Gasteiger partial charge in [0.25, 0.3) is 0 Å². The number of rotatable bonds is 6. The highest BCUT2D eigenvalue weighted by Gasteiger charge is 2.23. The number of ether oxygens (including phenoxy) is 1. The van der Waals surface area contributed by atoms with Crippen LogP contribution < -0.4 is 9.46 Å². The zero-order valence-corrected chi connectivity index (χ0v) is 15.8. The fourth-order valence-electron chi connectivity index (χ4n) is 2.71. The van der Waals surface area contributed by atoms with E-state index < -0.39 is 15.8 Å². The van der Waals surface area contributed by atoms with Crippen LogP contribution in [-0.2, 0) is 16.6 Å². The monoisotopic (exact) mass is 391 g/mol. The summed E-state index contributed by atoms with van der Waals surface area (Å²) in [7, 11) is -2.28. The van der Waals surface area contributed by atoms with Crippen molar-refractivity contribution in [3.63, 3.8) is 0 Å². The summed E-state index contributed by atoms with van der Waals surface area (Å²) in [6.45, 7) is 3.20. The van der Waals surface area contributed by atoms with Gasteiger partial charge in [-0.25, -0.2) is 22.5 Å². The van der Waals surface area contributed by atoms with Crippen LogP contribution in [0, 0.1) is 19.7 Å². The molecule has 0 atom stereocenters. The molecule has 0 saturated heterocycles. The van der Waals surface area contributed by atoms with Gasteiger partial charge in [0.15, 0.2) is 5.76 Å². The Morgan fingerprint density at radius 2 is 1.93 bits per heavy atom. The maximum Gasteiger partial charge on any atom is 0.246 e. The smallest absolute Gasteiger partial charge is 0.246 e. The summed E-state index contributed by atoms with van der Waals surface area (Å²) in [5, 5.41) is 3.66. The first kappa shape index (κ1) is 19.0. The molecular formula is C18H18FN3O4S. The second-order valence-corrected chi connectivity index (χ2v) is 7.59. The molecule has 0 aliphatic carbocycles. The number of aryl methyl sites for hydroxylation is 2. The molecule has 1 N–H and O–H groups in total. The van der Waals surface area contributed by atoms with Crippen LogP contribution in [0.2, 0.25) is 0 Å². The van der Waals surface area contributed by atoms with Crippen LogP contribution in [0.25, 0.3) is 11.1 Å². The minimum Gasteiger partial charge on any atom is -0.481 e. The topological polar surface area (TPSA) is 94.3 Å². The van der Waals surface area contributed by atoms with Gasteiger partial charge in [0.1, 0.15) is 16.4 Å². The predicted octanol–water partition coefficient (Wildman–Crippen LogP) is 2.98. The van der Waals surface area contributed by atoms with E-state index in [1.54, 1.807) is 38.1 Å². The zero-order chi connectivity index (χ0) is 19.6. The van der Waals surface area contributed by atoms with E-state index in [2.05, 4.69) is 14.9 Å². The number of halogens is 1. The van der Waals surface area contributed by atoms with Crippen molar-refractivity contribution in [1.29, 1.82) is 0 Å². The number of methoxy groups -OCH3 is 1. The molecule has 1 aromatic carbocycles. The van der Waals surface area contributed by atoms with E-state index in [1.807, 2.05) is 0 Å². The third kappa shape index (κ3) is 3.99. The largest absolute Gasteiger partial charge is 0.481 e. The fourth-order valence-corrected chi connectivity index (χ4v) is 4.05. The van der Waals surface area contributed by atoms with Gasteiger partial charge in [-0.1, -0.05) is 29.4 Å². The molecule has 3 rings (SSSR count). The highest BCUT2D eigenvalue weighted by Crippen LogP contribution is 2.28. The lowest BCUT2D eigenvalue weighted by Crippen LogP contribution is -2.24. The second-order valence-electron chi connectivity index (χ2n) is 5.89. The van der Waals surface area contributed by atoms with Crippen molar-refractivity contribution < 1.29 is 22.1 Å².